The fourth-order valence-electron chi connectivity index (χ4n) is 2.90. The van der Waals surface area contributed by atoms with Crippen LogP contribution in [0.3, 0.4) is 0 Å². The van der Waals surface area contributed by atoms with Crippen LogP contribution < -0.4 is 0 Å². The second kappa shape index (κ2) is 7.04. The molecule has 1 radical (unpaired) electrons. The zero-order chi connectivity index (χ0) is 15.5. The molecule has 1 aromatic carbocycles. The van der Waals surface area contributed by atoms with Crippen LogP contribution in [-0.4, -0.2) is 58.6 Å². The summed E-state index contributed by atoms with van der Waals surface area (Å²) in [5.41, 5.74) is 0.888. The molecule has 0 amide bonds. The molecule has 22 heavy (non-hydrogen) atoms. The van der Waals surface area contributed by atoms with Crippen LogP contribution in [0.15, 0.2) is 30.3 Å². The average Bonchev–Trinajstić information content (AvgIpc) is 2.60. The van der Waals surface area contributed by atoms with Crippen molar-refractivity contribution in [1.82, 2.24) is 0 Å². The molecule has 0 N–H and O–H groups in total. The molecular formula is C16H21O6. The van der Waals surface area contributed by atoms with Gasteiger partial charge in [0, 0.05) is 26.9 Å². The maximum Gasteiger partial charge on any atom is 0.256 e. The van der Waals surface area contributed by atoms with Crippen molar-refractivity contribution in [1.29, 1.82) is 0 Å². The topological polar surface area (TPSA) is 55.4 Å². The predicted molar refractivity (Wildman–Crippen MR) is 76.9 cm³/mol. The fraction of sp³-hybridized carbons (Fsp3) is 0.562. The number of benzene rings is 1. The molecule has 6 heteroatoms. The lowest BCUT2D eigenvalue weighted by Gasteiger charge is -2.47. The maximum atomic E-state index is 6.01. The Morgan fingerprint density at radius 2 is 1.68 bits per heavy atom. The number of rotatable bonds is 4. The maximum absolute atomic E-state index is 6.01. The molecule has 121 valence electrons. The first-order valence-corrected chi connectivity index (χ1v) is 7.24. The molecule has 2 aliphatic heterocycles. The van der Waals surface area contributed by atoms with Crippen LogP contribution in [0.5, 0.6) is 0 Å². The lowest BCUT2D eigenvalue weighted by molar-refractivity contribution is -0.334. The van der Waals surface area contributed by atoms with E-state index in [9.17, 15) is 0 Å². The highest BCUT2D eigenvalue weighted by Crippen LogP contribution is 2.35. The molecule has 0 spiro atoms. The van der Waals surface area contributed by atoms with Crippen molar-refractivity contribution in [3.05, 3.63) is 42.2 Å². The van der Waals surface area contributed by atoms with E-state index < -0.39 is 6.29 Å². The van der Waals surface area contributed by atoms with Gasteiger partial charge in [0.25, 0.3) is 6.29 Å². The van der Waals surface area contributed by atoms with E-state index in [1.165, 1.54) is 0 Å². The zero-order valence-electron chi connectivity index (χ0n) is 12.9. The minimum absolute atomic E-state index is 0.270. The highest BCUT2D eigenvalue weighted by atomic mass is 16.8. The third-order valence-corrected chi connectivity index (χ3v) is 4.00. The SMILES string of the molecule is CO[C@H]1O[C@@H]2CO[C](c3ccccc3)O[C@@H]2[C@H](OC)[C@H]1OC. The van der Waals surface area contributed by atoms with E-state index in [0.717, 1.165) is 5.56 Å². The van der Waals surface area contributed by atoms with Crippen LogP contribution >= 0.6 is 0 Å². The quantitative estimate of drug-likeness (QED) is 0.836. The molecule has 2 fully saturated rings. The molecule has 1 aromatic rings. The van der Waals surface area contributed by atoms with Crippen LogP contribution in [-0.2, 0) is 28.4 Å². The Bertz CT molecular complexity index is 467. The third kappa shape index (κ3) is 2.90. The Hall–Kier alpha value is -1.02. The van der Waals surface area contributed by atoms with Gasteiger partial charge in [-0.3, -0.25) is 0 Å². The van der Waals surface area contributed by atoms with Crippen molar-refractivity contribution in [3.8, 4) is 0 Å². The Labute approximate surface area is 130 Å². The summed E-state index contributed by atoms with van der Waals surface area (Å²) in [5.74, 6) is 0. The Balaban J connectivity index is 1.79. The van der Waals surface area contributed by atoms with E-state index in [4.69, 9.17) is 28.4 Å². The van der Waals surface area contributed by atoms with Gasteiger partial charge < -0.3 is 28.4 Å². The van der Waals surface area contributed by atoms with Crippen LogP contribution in [0.25, 0.3) is 0 Å². The summed E-state index contributed by atoms with van der Waals surface area (Å²) in [7, 11) is 4.82. The van der Waals surface area contributed by atoms with Crippen LogP contribution in [0.1, 0.15) is 5.56 Å². The van der Waals surface area contributed by atoms with Crippen molar-refractivity contribution < 1.29 is 28.4 Å². The van der Waals surface area contributed by atoms with Gasteiger partial charge in [0.15, 0.2) is 6.29 Å². The smallest absolute Gasteiger partial charge is 0.256 e. The molecule has 2 heterocycles. The van der Waals surface area contributed by atoms with E-state index in [0.29, 0.717) is 12.9 Å². The van der Waals surface area contributed by atoms with Gasteiger partial charge in [-0.15, -0.1) is 0 Å². The lowest BCUT2D eigenvalue weighted by Crippen LogP contribution is -2.63. The van der Waals surface area contributed by atoms with Gasteiger partial charge in [-0.2, -0.15) is 0 Å². The van der Waals surface area contributed by atoms with Gasteiger partial charge in [-0.1, -0.05) is 30.3 Å². The standard InChI is InChI=1S/C16H21O6/c1-17-13-12-11(21-16(19-3)14(13)18-2)9-20-15(22-12)10-7-5-4-6-8-10/h4-8,11-14,16H,9H2,1-3H3/t11-,12+,13+,14-,16+/m1/s1. The van der Waals surface area contributed by atoms with E-state index >= 15 is 0 Å². The molecule has 2 saturated heterocycles. The van der Waals surface area contributed by atoms with Crippen molar-refractivity contribution in [3.63, 3.8) is 0 Å². The average molecular weight is 309 g/mol. The first-order chi connectivity index (χ1) is 10.8. The molecule has 5 atom stereocenters. The summed E-state index contributed by atoms with van der Waals surface area (Å²) in [6.45, 7) is 0.380. The molecule has 0 unspecified atom stereocenters. The van der Waals surface area contributed by atoms with Crippen molar-refractivity contribution in [2.24, 2.45) is 0 Å². The first kappa shape index (κ1) is 15.9. The number of ether oxygens (including phenoxy) is 6. The summed E-state index contributed by atoms with van der Waals surface area (Å²) in [5, 5.41) is 0. The fourth-order valence-corrected chi connectivity index (χ4v) is 2.90. The molecule has 0 aromatic heterocycles. The van der Waals surface area contributed by atoms with Crippen LogP contribution in [0.4, 0.5) is 0 Å². The minimum Gasteiger partial charge on any atom is -0.376 e. The zero-order valence-corrected chi connectivity index (χ0v) is 12.9. The van der Waals surface area contributed by atoms with Gasteiger partial charge >= 0.3 is 0 Å². The van der Waals surface area contributed by atoms with E-state index in [1.807, 2.05) is 30.3 Å². The van der Waals surface area contributed by atoms with Crippen molar-refractivity contribution in [2.45, 2.75) is 30.7 Å². The number of methoxy groups -OCH3 is 3. The predicted octanol–water partition coefficient (Wildman–Crippen LogP) is 1.34. The van der Waals surface area contributed by atoms with E-state index in [2.05, 4.69) is 0 Å². The van der Waals surface area contributed by atoms with Gasteiger partial charge in [-0.25, -0.2) is 0 Å². The van der Waals surface area contributed by atoms with Gasteiger partial charge in [0.2, 0.25) is 0 Å². The molecule has 3 rings (SSSR count). The number of fused-ring (bicyclic) bond motifs is 1. The van der Waals surface area contributed by atoms with Gasteiger partial charge in [0.05, 0.1) is 6.61 Å². The second-order valence-corrected chi connectivity index (χ2v) is 5.23. The molecule has 0 bridgehead atoms. The van der Waals surface area contributed by atoms with Crippen molar-refractivity contribution in [2.75, 3.05) is 27.9 Å². The summed E-state index contributed by atoms with van der Waals surface area (Å²) in [4.78, 5) is 0. The van der Waals surface area contributed by atoms with Crippen LogP contribution in [0, 0.1) is 6.29 Å². The highest BCUT2D eigenvalue weighted by molar-refractivity contribution is 5.24. The first-order valence-electron chi connectivity index (χ1n) is 7.24. The molecule has 2 aliphatic rings. The van der Waals surface area contributed by atoms with E-state index in [-0.39, 0.29) is 24.4 Å². The molecule has 0 aliphatic carbocycles. The minimum atomic E-state index is -0.512. The number of hydrogen-bond acceptors (Lipinski definition) is 6. The van der Waals surface area contributed by atoms with Gasteiger partial charge in [-0.05, 0) is 0 Å². The Morgan fingerprint density at radius 1 is 0.955 bits per heavy atom. The number of hydrogen-bond donors (Lipinski definition) is 0. The normalized spacial score (nSPS) is 36.0. The van der Waals surface area contributed by atoms with Crippen LogP contribution in [0.2, 0.25) is 0 Å². The summed E-state index contributed by atoms with van der Waals surface area (Å²) in [6.07, 6.45) is -1.29. The summed E-state index contributed by atoms with van der Waals surface area (Å²) < 4.78 is 34.0. The molecule has 6 nitrogen and oxygen atoms in total. The second-order valence-electron chi connectivity index (χ2n) is 5.23. The molecular weight excluding hydrogens is 288 g/mol. The Morgan fingerprint density at radius 3 is 2.32 bits per heavy atom. The third-order valence-electron chi connectivity index (χ3n) is 4.00. The molecule has 0 saturated carbocycles. The lowest BCUT2D eigenvalue weighted by atomic mass is 9.97. The largest absolute Gasteiger partial charge is 0.376 e. The van der Waals surface area contributed by atoms with Crippen molar-refractivity contribution >= 4 is 0 Å². The monoisotopic (exact) mass is 309 g/mol. The van der Waals surface area contributed by atoms with E-state index in [1.54, 1.807) is 21.3 Å². The Kier molecular flexibility index (Phi) is 5.07. The highest BCUT2D eigenvalue weighted by Gasteiger charge is 2.51. The summed E-state index contributed by atoms with van der Waals surface area (Å²) in [6, 6.07) is 9.69. The summed E-state index contributed by atoms with van der Waals surface area (Å²) >= 11 is 0. The van der Waals surface area contributed by atoms with Gasteiger partial charge in [0.1, 0.15) is 24.4 Å².